The zero-order valence-electron chi connectivity index (χ0n) is 22.2. The Balaban J connectivity index is 1.48. The molecule has 4 rings (SSSR count). The Kier molecular flexibility index (Phi) is 10.1. The van der Waals surface area contributed by atoms with Crippen LogP contribution in [0.15, 0.2) is 53.4 Å². The largest absolute Gasteiger partial charge is 0.495 e. The molecule has 1 fully saturated rings. The number of nitrogens with one attached hydrogen (secondary N) is 1. The molecule has 1 heterocycles. The number of methoxy groups -OCH3 is 2. The number of alkyl halides is 3. The van der Waals surface area contributed by atoms with Crippen LogP contribution in [0.3, 0.4) is 0 Å². The number of halogens is 6. The first-order valence-corrected chi connectivity index (χ1v) is 14.0. The summed E-state index contributed by atoms with van der Waals surface area (Å²) < 4.78 is 55.6. The van der Waals surface area contributed by atoms with Crippen LogP contribution < -0.4 is 19.5 Å². The molecule has 8 nitrogen and oxygen atoms in total. The van der Waals surface area contributed by atoms with Gasteiger partial charge in [-0.1, -0.05) is 40.9 Å². The molecule has 226 valence electrons. The molecule has 0 unspecified atom stereocenters. The first-order chi connectivity index (χ1) is 20.3. The number of amides is 3. The summed E-state index contributed by atoms with van der Waals surface area (Å²) in [6, 6.07) is 10.6. The molecule has 0 aromatic heterocycles. The highest BCUT2D eigenvalue weighted by Gasteiger charge is 2.37. The molecule has 0 radical (unpaired) electrons. The lowest BCUT2D eigenvalue weighted by Crippen LogP contribution is -2.36. The molecule has 0 spiro atoms. The van der Waals surface area contributed by atoms with Gasteiger partial charge in [0.25, 0.3) is 11.1 Å². The van der Waals surface area contributed by atoms with E-state index in [0.29, 0.717) is 38.3 Å². The fourth-order valence-electron chi connectivity index (χ4n) is 3.85. The molecule has 1 aliphatic rings. The van der Waals surface area contributed by atoms with E-state index >= 15 is 0 Å². The third kappa shape index (κ3) is 7.69. The van der Waals surface area contributed by atoms with E-state index in [4.69, 9.17) is 49.0 Å². The normalized spacial score (nSPS) is 14.3. The molecular formula is C28H20Cl3F3N2O6S. The lowest BCUT2D eigenvalue weighted by Gasteiger charge is -2.16. The minimum atomic E-state index is -4.66. The van der Waals surface area contributed by atoms with Crippen LogP contribution >= 0.6 is 46.6 Å². The van der Waals surface area contributed by atoms with Gasteiger partial charge in [0.15, 0.2) is 11.5 Å². The minimum Gasteiger partial charge on any atom is -0.495 e. The van der Waals surface area contributed by atoms with E-state index < -0.39 is 35.3 Å². The van der Waals surface area contributed by atoms with Gasteiger partial charge in [-0.15, -0.1) is 0 Å². The molecule has 15 heteroatoms. The van der Waals surface area contributed by atoms with Crippen molar-refractivity contribution >= 4 is 75.4 Å². The van der Waals surface area contributed by atoms with Gasteiger partial charge in [0, 0.05) is 0 Å². The summed E-state index contributed by atoms with van der Waals surface area (Å²) in [6.45, 7) is -0.646. The first kappa shape index (κ1) is 32.3. The lowest BCUT2D eigenvalue weighted by atomic mass is 10.1. The number of ether oxygens (including phenoxy) is 3. The van der Waals surface area contributed by atoms with Crippen LogP contribution in [0.5, 0.6) is 17.2 Å². The number of nitrogens with zero attached hydrogens (tertiary/aromatic N) is 1. The van der Waals surface area contributed by atoms with E-state index in [9.17, 15) is 27.6 Å². The van der Waals surface area contributed by atoms with Crippen LogP contribution in [-0.2, 0) is 22.4 Å². The van der Waals surface area contributed by atoms with Gasteiger partial charge >= 0.3 is 6.18 Å². The number of imide groups is 1. The molecule has 0 bridgehead atoms. The molecule has 3 amide bonds. The Bertz CT molecular complexity index is 1630. The standard InChI is InChI=1S/C28H20Cl3F3N2O6S/c1-40-21-6-4-16(28(32,33)34)11-20(21)35-24(37)12-36-26(38)23(43-27(36)39)10-15-8-19(31)25(22(9-15)41-2)42-13-14-3-5-17(29)18(30)7-14/h3-11H,12-13H2,1-2H3,(H,35,37)/b23-10-. The maximum absolute atomic E-state index is 13.1. The van der Waals surface area contributed by atoms with E-state index in [1.54, 1.807) is 18.2 Å². The Morgan fingerprint density at radius 2 is 1.67 bits per heavy atom. The van der Waals surface area contributed by atoms with E-state index in [1.165, 1.54) is 32.4 Å². The summed E-state index contributed by atoms with van der Waals surface area (Å²) in [5.41, 5.74) is -0.168. The SMILES string of the molecule is COc1ccc(C(F)(F)F)cc1NC(=O)CN1C(=O)S/C(=C\c2cc(Cl)c(OCc3ccc(Cl)c(Cl)c3)c(OC)c2)C1=O. The van der Waals surface area contributed by atoms with E-state index in [2.05, 4.69) is 5.32 Å². The molecule has 1 aliphatic heterocycles. The average molecular weight is 676 g/mol. The lowest BCUT2D eigenvalue weighted by molar-refractivity contribution is -0.137. The number of anilines is 1. The minimum absolute atomic E-state index is 0.0166. The van der Waals surface area contributed by atoms with Gasteiger partial charge in [0.2, 0.25) is 5.91 Å². The Hall–Kier alpha value is -3.58. The second-order valence-electron chi connectivity index (χ2n) is 8.80. The number of thioether (sulfide) groups is 1. The van der Waals surface area contributed by atoms with Gasteiger partial charge in [-0.2, -0.15) is 13.2 Å². The molecular weight excluding hydrogens is 656 g/mol. The third-order valence-corrected chi connectivity index (χ3v) is 7.82. The van der Waals surface area contributed by atoms with Crippen LogP contribution in [0, 0.1) is 0 Å². The van der Waals surface area contributed by atoms with Crippen LogP contribution in [0.1, 0.15) is 16.7 Å². The quantitative estimate of drug-likeness (QED) is 0.230. The van der Waals surface area contributed by atoms with Crippen molar-refractivity contribution in [3.63, 3.8) is 0 Å². The van der Waals surface area contributed by atoms with E-state index in [-0.39, 0.29) is 39.5 Å². The van der Waals surface area contributed by atoms with Crippen LogP contribution in [0.2, 0.25) is 15.1 Å². The van der Waals surface area contributed by atoms with Crippen molar-refractivity contribution in [1.29, 1.82) is 0 Å². The zero-order valence-corrected chi connectivity index (χ0v) is 25.3. The van der Waals surface area contributed by atoms with Crippen molar-refractivity contribution in [2.45, 2.75) is 12.8 Å². The summed E-state index contributed by atoms with van der Waals surface area (Å²) >= 11 is 19.0. The molecule has 3 aromatic rings. The van der Waals surface area contributed by atoms with Crippen molar-refractivity contribution in [3.8, 4) is 17.2 Å². The van der Waals surface area contributed by atoms with Crippen molar-refractivity contribution in [3.05, 3.63) is 85.2 Å². The second-order valence-corrected chi connectivity index (χ2v) is 11.0. The monoisotopic (exact) mass is 674 g/mol. The predicted molar refractivity (Wildman–Crippen MR) is 158 cm³/mol. The second kappa shape index (κ2) is 13.4. The van der Waals surface area contributed by atoms with Gasteiger partial charge < -0.3 is 19.5 Å². The molecule has 1 saturated heterocycles. The van der Waals surface area contributed by atoms with Gasteiger partial charge in [0.05, 0.1) is 45.4 Å². The number of benzene rings is 3. The first-order valence-electron chi connectivity index (χ1n) is 12.1. The highest BCUT2D eigenvalue weighted by molar-refractivity contribution is 8.18. The summed E-state index contributed by atoms with van der Waals surface area (Å²) in [7, 11) is 2.61. The Morgan fingerprint density at radius 3 is 2.33 bits per heavy atom. The molecule has 3 aromatic carbocycles. The van der Waals surface area contributed by atoms with Crippen molar-refractivity contribution < 1.29 is 41.8 Å². The smallest absolute Gasteiger partial charge is 0.416 e. The molecule has 0 saturated carbocycles. The molecule has 0 atom stereocenters. The molecule has 0 aliphatic carbocycles. The Morgan fingerprint density at radius 1 is 0.953 bits per heavy atom. The third-order valence-electron chi connectivity index (χ3n) is 5.89. The van der Waals surface area contributed by atoms with E-state index in [1.807, 2.05) is 0 Å². The van der Waals surface area contributed by atoms with Gasteiger partial charge in [0.1, 0.15) is 18.9 Å². The number of hydrogen-bond donors (Lipinski definition) is 1. The van der Waals surface area contributed by atoms with Crippen LogP contribution in [-0.4, -0.2) is 42.7 Å². The summed E-state index contributed by atoms with van der Waals surface area (Å²) in [5, 5.41) is 2.42. The molecule has 43 heavy (non-hydrogen) atoms. The van der Waals surface area contributed by atoms with E-state index in [0.717, 1.165) is 17.7 Å². The van der Waals surface area contributed by atoms with Gasteiger partial charge in [-0.25, -0.2) is 0 Å². The van der Waals surface area contributed by atoms with Gasteiger partial charge in [-0.05, 0) is 71.4 Å². The highest BCUT2D eigenvalue weighted by atomic mass is 35.5. The van der Waals surface area contributed by atoms with Crippen LogP contribution in [0.4, 0.5) is 23.7 Å². The Labute approximate surface area is 262 Å². The summed E-state index contributed by atoms with van der Waals surface area (Å²) in [6.07, 6.45) is -3.28. The van der Waals surface area contributed by atoms with Crippen molar-refractivity contribution in [1.82, 2.24) is 4.90 Å². The van der Waals surface area contributed by atoms with Crippen molar-refractivity contribution in [2.24, 2.45) is 0 Å². The fraction of sp³-hybridized carbons (Fsp3) is 0.179. The molecule has 1 N–H and O–H groups in total. The summed E-state index contributed by atoms with van der Waals surface area (Å²) in [4.78, 5) is 38.8. The number of hydrogen-bond acceptors (Lipinski definition) is 7. The highest BCUT2D eigenvalue weighted by Crippen LogP contribution is 2.40. The summed E-state index contributed by atoms with van der Waals surface area (Å²) in [5.74, 6) is -1.26. The average Bonchev–Trinajstić information content (AvgIpc) is 3.20. The topological polar surface area (TPSA) is 94.2 Å². The number of carbonyl (C=O) groups excluding carboxylic acids is 3. The number of carbonyl (C=O) groups is 3. The van der Waals surface area contributed by atoms with Crippen LogP contribution in [0.25, 0.3) is 6.08 Å². The van der Waals surface area contributed by atoms with Crippen molar-refractivity contribution in [2.75, 3.05) is 26.1 Å². The number of rotatable bonds is 9. The van der Waals surface area contributed by atoms with Gasteiger partial charge in [-0.3, -0.25) is 19.3 Å². The predicted octanol–water partition coefficient (Wildman–Crippen LogP) is 7.94. The zero-order chi connectivity index (χ0) is 31.5. The maximum atomic E-state index is 13.1. The maximum Gasteiger partial charge on any atom is 0.416 e. The fourth-order valence-corrected chi connectivity index (χ4v) is 5.28.